The van der Waals surface area contributed by atoms with Gasteiger partial charge in [-0.15, -0.1) is 0 Å². The van der Waals surface area contributed by atoms with Crippen molar-refractivity contribution in [3.63, 3.8) is 0 Å². The SMILES string of the molecule is c1ccc(-c2cc(-c3ccccc3)nc(-c3ccc(-c4ccc(-n5c6ccccc6c6c7ccccc7c7c(c65)Oc5ccccc5O7)cc4)cc3)n2)cc1. The highest BCUT2D eigenvalue weighted by Gasteiger charge is 2.29. The van der Waals surface area contributed by atoms with Crippen LogP contribution in [0.15, 0.2) is 188 Å². The third kappa shape index (κ3) is 5.17. The first-order valence-electron chi connectivity index (χ1n) is 18.4. The number of hydrogen-bond acceptors (Lipinski definition) is 4. The molecule has 1 aliphatic heterocycles. The van der Waals surface area contributed by atoms with E-state index < -0.39 is 0 Å². The topological polar surface area (TPSA) is 49.2 Å². The quantitative estimate of drug-likeness (QED) is 0.179. The van der Waals surface area contributed by atoms with Gasteiger partial charge in [0.1, 0.15) is 5.52 Å². The zero-order valence-electron chi connectivity index (χ0n) is 29.6. The molecule has 3 heterocycles. The van der Waals surface area contributed by atoms with E-state index in [1.54, 1.807) is 0 Å². The molecule has 0 amide bonds. The normalized spacial score (nSPS) is 11.9. The third-order valence-corrected chi connectivity index (χ3v) is 10.5. The lowest BCUT2D eigenvalue weighted by Gasteiger charge is -2.24. The van der Waals surface area contributed by atoms with Gasteiger partial charge in [0.25, 0.3) is 0 Å². The van der Waals surface area contributed by atoms with Crippen molar-refractivity contribution < 1.29 is 9.47 Å². The summed E-state index contributed by atoms with van der Waals surface area (Å²) in [6.07, 6.45) is 0. The van der Waals surface area contributed by atoms with E-state index in [2.05, 4.69) is 132 Å². The summed E-state index contributed by atoms with van der Waals surface area (Å²) < 4.78 is 15.7. The van der Waals surface area contributed by atoms with Crippen LogP contribution >= 0.6 is 0 Å². The molecule has 0 radical (unpaired) electrons. The Kier molecular flexibility index (Phi) is 7.10. The van der Waals surface area contributed by atoms with Crippen LogP contribution in [0, 0.1) is 0 Å². The van der Waals surface area contributed by atoms with Crippen LogP contribution in [-0.4, -0.2) is 14.5 Å². The fourth-order valence-electron chi connectivity index (χ4n) is 7.86. The highest BCUT2D eigenvalue weighted by molar-refractivity contribution is 6.25. The molecule has 0 saturated carbocycles. The van der Waals surface area contributed by atoms with Crippen LogP contribution in [0.4, 0.5) is 0 Å². The highest BCUT2D eigenvalue weighted by Crippen LogP contribution is 2.54. The van der Waals surface area contributed by atoms with Crippen molar-refractivity contribution in [3.8, 4) is 73.7 Å². The lowest BCUT2D eigenvalue weighted by atomic mass is 10.0. The van der Waals surface area contributed by atoms with E-state index in [1.807, 2.05) is 60.7 Å². The Morgan fingerprint density at radius 3 is 1.51 bits per heavy atom. The van der Waals surface area contributed by atoms with Crippen LogP contribution in [0.1, 0.15) is 0 Å². The zero-order valence-corrected chi connectivity index (χ0v) is 29.6. The van der Waals surface area contributed by atoms with Gasteiger partial charge in [-0.1, -0.05) is 152 Å². The van der Waals surface area contributed by atoms with Crippen molar-refractivity contribution in [3.05, 3.63) is 188 Å². The average molecular weight is 706 g/mol. The molecule has 8 aromatic carbocycles. The van der Waals surface area contributed by atoms with Gasteiger partial charge < -0.3 is 14.0 Å². The summed E-state index contributed by atoms with van der Waals surface area (Å²) in [4.78, 5) is 10.0. The molecule has 0 spiro atoms. The number of benzene rings is 8. The maximum absolute atomic E-state index is 6.74. The first-order chi connectivity index (χ1) is 27.3. The second-order valence-corrected chi connectivity index (χ2v) is 13.7. The summed E-state index contributed by atoms with van der Waals surface area (Å²) in [5.74, 6) is 3.56. The molecule has 0 bridgehead atoms. The molecule has 11 rings (SSSR count). The van der Waals surface area contributed by atoms with Gasteiger partial charge >= 0.3 is 0 Å². The average Bonchev–Trinajstić information content (AvgIpc) is 3.62. The van der Waals surface area contributed by atoms with E-state index in [-0.39, 0.29) is 0 Å². The first-order valence-corrected chi connectivity index (χ1v) is 18.4. The second kappa shape index (κ2) is 12.6. The van der Waals surface area contributed by atoms with E-state index in [0.29, 0.717) is 17.3 Å². The van der Waals surface area contributed by atoms with Crippen LogP contribution in [-0.2, 0) is 0 Å². The number of hydrogen-bond donors (Lipinski definition) is 0. The van der Waals surface area contributed by atoms with E-state index >= 15 is 0 Å². The van der Waals surface area contributed by atoms with Crippen LogP contribution in [0.3, 0.4) is 0 Å². The number of nitrogens with zero attached hydrogens (tertiary/aromatic N) is 3. The Balaban J connectivity index is 1.00. The number of aromatic nitrogens is 3. The number of para-hydroxylation sites is 3. The summed E-state index contributed by atoms with van der Waals surface area (Å²) in [5.41, 5.74) is 10.2. The number of fused-ring (bicyclic) bond motifs is 9. The second-order valence-electron chi connectivity index (χ2n) is 13.7. The van der Waals surface area contributed by atoms with Crippen LogP contribution < -0.4 is 9.47 Å². The maximum atomic E-state index is 6.74. The van der Waals surface area contributed by atoms with Gasteiger partial charge in [0.05, 0.1) is 16.9 Å². The molecule has 0 N–H and O–H groups in total. The summed E-state index contributed by atoms with van der Waals surface area (Å²) in [6.45, 7) is 0. The molecular formula is C50H31N3O2. The maximum Gasteiger partial charge on any atom is 0.195 e. The van der Waals surface area contributed by atoms with Crippen LogP contribution in [0.2, 0.25) is 0 Å². The zero-order chi connectivity index (χ0) is 36.3. The summed E-state index contributed by atoms with van der Waals surface area (Å²) in [7, 11) is 0. The minimum absolute atomic E-state index is 0.693. The third-order valence-electron chi connectivity index (χ3n) is 10.5. The minimum Gasteiger partial charge on any atom is -0.449 e. The molecule has 0 aliphatic carbocycles. The molecule has 258 valence electrons. The fraction of sp³-hybridized carbons (Fsp3) is 0. The predicted octanol–water partition coefficient (Wildman–Crippen LogP) is 13.3. The van der Waals surface area contributed by atoms with Gasteiger partial charge in [0, 0.05) is 38.5 Å². The minimum atomic E-state index is 0.693. The summed E-state index contributed by atoms with van der Waals surface area (Å²) in [6, 6.07) is 64.8. The van der Waals surface area contributed by atoms with Gasteiger partial charge in [-0.3, -0.25) is 0 Å². The molecule has 0 fully saturated rings. The molecule has 55 heavy (non-hydrogen) atoms. The Bertz CT molecular complexity index is 3010. The van der Waals surface area contributed by atoms with E-state index in [1.165, 1.54) is 0 Å². The van der Waals surface area contributed by atoms with E-state index in [0.717, 1.165) is 89.0 Å². The molecule has 1 aliphatic rings. The standard InChI is InChI=1S/C50H31N3O2/c1-3-13-34(14-4-1)41-31-42(35-15-5-2-6-16-35)52-50(51-41)36-25-23-32(24-26-36)33-27-29-37(30-28-33)53-43-20-10-9-19-40(43)46-38-17-7-8-18-39(38)48-49(47(46)53)55-45-22-12-11-21-44(45)54-48/h1-31H. The molecule has 0 saturated heterocycles. The van der Waals surface area contributed by atoms with Crippen molar-refractivity contribution in [1.29, 1.82) is 0 Å². The van der Waals surface area contributed by atoms with Crippen LogP contribution in [0.25, 0.3) is 83.3 Å². The van der Waals surface area contributed by atoms with Crippen molar-refractivity contribution in [1.82, 2.24) is 14.5 Å². The first kappa shape index (κ1) is 31.1. The highest BCUT2D eigenvalue weighted by atomic mass is 16.6. The Morgan fingerprint density at radius 1 is 0.382 bits per heavy atom. The number of rotatable bonds is 5. The summed E-state index contributed by atoms with van der Waals surface area (Å²) >= 11 is 0. The lowest BCUT2D eigenvalue weighted by molar-refractivity contribution is 0.366. The van der Waals surface area contributed by atoms with Crippen LogP contribution in [0.5, 0.6) is 23.0 Å². The molecule has 10 aromatic rings. The molecular weight excluding hydrogens is 675 g/mol. The van der Waals surface area contributed by atoms with E-state index in [9.17, 15) is 0 Å². The molecule has 5 heteroatoms. The fourth-order valence-corrected chi connectivity index (χ4v) is 7.86. The van der Waals surface area contributed by atoms with Crippen molar-refractivity contribution in [2.24, 2.45) is 0 Å². The summed E-state index contributed by atoms with van der Waals surface area (Å²) in [5, 5.41) is 4.45. The van der Waals surface area contributed by atoms with Gasteiger partial charge in [0.15, 0.2) is 28.8 Å². The Morgan fingerprint density at radius 2 is 0.873 bits per heavy atom. The molecule has 0 unspecified atom stereocenters. The predicted molar refractivity (Wildman–Crippen MR) is 222 cm³/mol. The van der Waals surface area contributed by atoms with E-state index in [4.69, 9.17) is 19.4 Å². The van der Waals surface area contributed by atoms with Gasteiger partial charge in [-0.05, 0) is 52.9 Å². The smallest absolute Gasteiger partial charge is 0.195 e. The Labute approximate surface area is 317 Å². The largest absolute Gasteiger partial charge is 0.449 e. The van der Waals surface area contributed by atoms with Gasteiger partial charge in [-0.2, -0.15) is 0 Å². The monoisotopic (exact) mass is 705 g/mol. The van der Waals surface area contributed by atoms with Gasteiger partial charge in [0.2, 0.25) is 0 Å². The number of ether oxygens (including phenoxy) is 2. The van der Waals surface area contributed by atoms with Gasteiger partial charge in [-0.25, -0.2) is 9.97 Å². The van der Waals surface area contributed by atoms with Crippen molar-refractivity contribution >= 4 is 32.6 Å². The van der Waals surface area contributed by atoms with Crippen molar-refractivity contribution in [2.45, 2.75) is 0 Å². The molecule has 0 atom stereocenters. The Hall–Kier alpha value is -7.50. The molecule has 2 aromatic heterocycles. The lowest BCUT2D eigenvalue weighted by Crippen LogP contribution is -2.03. The molecule has 5 nitrogen and oxygen atoms in total. The van der Waals surface area contributed by atoms with Crippen molar-refractivity contribution in [2.75, 3.05) is 0 Å².